The number of ether oxygens (including phenoxy) is 1. The molecule has 0 fully saturated rings. The highest BCUT2D eigenvalue weighted by molar-refractivity contribution is 5.77. The van der Waals surface area contributed by atoms with E-state index in [0.29, 0.717) is 13.2 Å². The normalized spacial score (nSPS) is 10.1. The number of carbonyl (C=O) groups is 1. The van der Waals surface area contributed by atoms with Gasteiger partial charge in [-0.25, -0.2) is 0 Å². The molecule has 0 saturated carbocycles. The first-order chi connectivity index (χ1) is 7.83. The largest absolute Gasteiger partial charge is 0.370 e. The molecule has 0 saturated heterocycles. The summed E-state index contributed by atoms with van der Waals surface area (Å²) in [5, 5.41) is 5.73. The number of nitrogens with one attached hydrogen (secondary N) is 2. The number of amides is 1. The molecule has 16 heavy (non-hydrogen) atoms. The van der Waals surface area contributed by atoms with Crippen LogP contribution in [0.3, 0.4) is 0 Å². The first-order valence-corrected chi connectivity index (χ1v) is 5.36. The maximum Gasteiger partial charge on any atom is 0.246 e. The monoisotopic (exact) mass is 222 g/mol. The van der Waals surface area contributed by atoms with Crippen molar-refractivity contribution in [1.29, 1.82) is 0 Å². The number of rotatable bonds is 7. The Hall–Kier alpha value is -1.39. The summed E-state index contributed by atoms with van der Waals surface area (Å²) in [6.45, 7) is 1.98. The van der Waals surface area contributed by atoms with Crippen LogP contribution >= 0.6 is 0 Å². The van der Waals surface area contributed by atoms with E-state index < -0.39 is 0 Å². The fraction of sp³-hybridized carbons (Fsp3) is 0.417. The van der Waals surface area contributed by atoms with Gasteiger partial charge >= 0.3 is 0 Å². The van der Waals surface area contributed by atoms with Gasteiger partial charge < -0.3 is 15.4 Å². The molecule has 4 heteroatoms. The third-order valence-corrected chi connectivity index (χ3v) is 2.06. The van der Waals surface area contributed by atoms with Gasteiger partial charge in [-0.1, -0.05) is 30.3 Å². The molecule has 0 bridgehead atoms. The van der Waals surface area contributed by atoms with Crippen LogP contribution in [0.25, 0.3) is 0 Å². The fourth-order valence-corrected chi connectivity index (χ4v) is 1.19. The molecule has 0 aliphatic rings. The van der Waals surface area contributed by atoms with E-state index >= 15 is 0 Å². The quantitative estimate of drug-likeness (QED) is 0.662. The minimum absolute atomic E-state index is 0.0834. The minimum Gasteiger partial charge on any atom is -0.370 e. The molecule has 0 aromatic heterocycles. The summed E-state index contributed by atoms with van der Waals surface area (Å²) < 4.78 is 5.15. The highest BCUT2D eigenvalue weighted by atomic mass is 16.5. The molecular weight excluding hydrogens is 204 g/mol. The Balaban J connectivity index is 2.11. The molecule has 2 N–H and O–H groups in total. The summed E-state index contributed by atoms with van der Waals surface area (Å²) in [6.07, 6.45) is 0. The van der Waals surface area contributed by atoms with Crippen LogP contribution in [0.15, 0.2) is 30.3 Å². The Labute approximate surface area is 96.0 Å². The Morgan fingerprint density at radius 1 is 1.31 bits per heavy atom. The molecule has 0 unspecified atom stereocenters. The van der Waals surface area contributed by atoms with Gasteiger partial charge in [-0.15, -0.1) is 0 Å². The molecule has 0 radical (unpaired) electrons. The van der Waals surface area contributed by atoms with Gasteiger partial charge in [-0.05, 0) is 12.6 Å². The molecule has 1 aromatic carbocycles. The zero-order chi connectivity index (χ0) is 11.6. The SMILES string of the molecule is CNCCOCC(=O)NCc1ccccc1. The number of hydrogen-bond donors (Lipinski definition) is 2. The van der Waals surface area contributed by atoms with Crippen molar-refractivity contribution in [3.05, 3.63) is 35.9 Å². The van der Waals surface area contributed by atoms with E-state index in [-0.39, 0.29) is 12.5 Å². The second kappa shape index (κ2) is 7.84. The summed E-state index contributed by atoms with van der Waals surface area (Å²) in [7, 11) is 1.85. The predicted octanol–water partition coefficient (Wildman–Crippen LogP) is 0.539. The highest BCUT2D eigenvalue weighted by Gasteiger charge is 2.00. The van der Waals surface area contributed by atoms with Crippen molar-refractivity contribution < 1.29 is 9.53 Å². The van der Waals surface area contributed by atoms with Crippen molar-refractivity contribution in [3.63, 3.8) is 0 Å². The van der Waals surface area contributed by atoms with Crippen molar-refractivity contribution in [3.8, 4) is 0 Å². The van der Waals surface area contributed by atoms with Crippen LogP contribution in [0.1, 0.15) is 5.56 Å². The predicted molar refractivity (Wildman–Crippen MR) is 63.0 cm³/mol. The Kier molecular flexibility index (Phi) is 6.22. The molecule has 1 amide bonds. The summed E-state index contributed by atoms with van der Waals surface area (Å²) in [5.74, 6) is -0.0834. The van der Waals surface area contributed by atoms with E-state index in [0.717, 1.165) is 12.1 Å². The van der Waals surface area contributed by atoms with Gasteiger partial charge in [0.25, 0.3) is 0 Å². The van der Waals surface area contributed by atoms with E-state index in [1.165, 1.54) is 0 Å². The second-order valence-electron chi connectivity index (χ2n) is 3.42. The topological polar surface area (TPSA) is 50.4 Å². The van der Waals surface area contributed by atoms with Crippen LogP contribution in [0.4, 0.5) is 0 Å². The summed E-state index contributed by atoms with van der Waals surface area (Å²) in [6, 6.07) is 9.80. The first-order valence-electron chi connectivity index (χ1n) is 5.36. The molecule has 0 atom stereocenters. The lowest BCUT2D eigenvalue weighted by Crippen LogP contribution is -2.28. The van der Waals surface area contributed by atoms with Crippen LogP contribution in [0.5, 0.6) is 0 Å². The maximum absolute atomic E-state index is 11.3. The van der Waals surface area contributed by atoms with E-state index in [9.17, 15) is 4.79 Å². The first kappa shape index (κ1) is 12.7. The van der Waals surface area contributed by atoms with Crippen molar-refractivity contribution in [1.82, 2.24) is 10.6 Å². The molecule has 88 valence electrons. The maximum atomic E-state index is 11.3. The van der Waals surface area contributed by atoms with Crippen molar-refractivity contribution in [2.45, 2.75) is 6.54 Å². The van der Waals surface area contributed by atoms with Crippen LogP contribution in [-0.4, -0.2) is 32.7 Å². The second-order valence-corrected chi connectivity index (χ2v) is 3.42. The third-order valence-electron chi connectivity index (χ3n) is 2.06. The molecule has 0 aliphatic heterocycles. The standard InChI is InChI=1S/C12H18N2O2/c1-13-7-8-16-10-12(15)14-9-11-5-3-2-4-6-11/h2-6,13H,7-10H2,1H3,(H,14,15). The molecule has 1 rings (SSSR count). The Bertz CT molecular complexity index is 301. The number of hydrogen-bond acceptors (Lipinski definition) is 3. The molecule has 4 nitrogen and oxygen atoms in total. The minimum atomic E-state index is -0.0834. The Morgan fingerprint density at radius 3 is 2.75 bits per heavy atom. The molecular formula is C12H18N2O2. The van der Waals surface area contributed by atoms with Gasteiger partial charge in [0.15, 0.2) is 0 Å². The van der Waals surface area contributed by atoms with Crippen molar-refractivity contribution >= 4 is 5.91 Å². The molecule has 0 heterocycles. The van der Waals surface area contributed by atoms with Crippen molar-refractivity contribution in [2.24, 2.45) is 0 Å². The Morgan fingerprint density at radius 2 is 2.06 bits per heavy atom. The van der Waals surface area contributed by atoms with Crippen molar-refractivity contribution in [2.75, 3.05) is 26.8 Å². The average molecular weight is 222 g/mol. The lowest BCUT2D eigenvalue weighted by Gasteiger charge is -2.06. The van der Waals surface area contributed by atoms with Gasteiger partial charge in [0.2, 0.25) is 5.91 Å². The summed E-state index contributed by atoms with van der Waals surface area (Å²) in [5.41, 5.74) is 1.09. The molecule has 0 aliphatic carbocycles. The fourth-order valence-electron chi connectivity index (χ4n) is 1.19. The van der Waals surface area contributed by atoms with E-state index in [2.05, 4.69) is 10.6 Å². The van der Waals surface area contributed by atoms with Crippen LogP contribution in [-0.2, 0) is 16.1 Å². The van der Waals surface area contributed by atoms with E-state index in [1.54, 1.807) is 0 Å². The molecule has 1 aromatic rings. The smallest absolute Gasteiger partial charge is 0.246 e. The number of likely N-dealkylation sites (N-methyl/N-ethyl adjacent to an activating group) is 1. The van der Waals surface area contributed by atoms with Gasteiger partial charge in [-0.3, -0.25) is 4.79 Å². The van der Waals surface area contributed by atoms with Gasteiger partial charge in [0, 0.05) is 13.1 Å². The average Bonchev–Trinajstić information content (AvgIpc) is 2.33. The van der Waals surface area contributed by atoms with E-state index in [4.69, 9.17) is 4.74 Å². The number of benzene rings is 1. The van der Waals surface area contributed by atoms with Gasteiger partial charge in [0.05, 0.1) is 6.61 Å². The van der Waals surface area contributed by atoms with Crippen LogP contribution in [0.2, 0.25) is 0 Å². The number of carbonyl (C=O) groups excluding carboxylic acids is 1. The zero-order valence-electron chi connectivity index (χ0n) is 9.53. The van der Waals surface area contributed by atoms with E-state index in [1.807, 2.05) is 37.4 Å². The highest BCUT2D eigenvalue weighted by Crippen LogP contribution is 1.96. The zero-order valence-corrected chi connectivity index (χ0v) is 9.53. The lowest BCUT2D eigenvalue weighted by molar-refractivity contribution is -0.125. The third kappa shape index (κ3) is 5.48. The molecule has 0 spiro atoms. The summed E-state index contributed by atoms with van der Waals surface area (Å²) in [4.78, 5) is 11.3. The van der Waals surface area contributed by atoms with Crippen LogP contribution < -0.4 is 10.6 Å². The lowest BCUT2D eigenvalue weighted by atomic mass is 10.2. The van der Waals surface area contributed by atoms with Crippen LogP contribution in [0, 0.1) is 0 Å². The van der Waals surface area contributed by atoms with Gasteiger partial charge in [0.1, 0.15) is 6.61 Å². The summed E-state index contributed by atoms with van der Waals surface area (Å²) >= 11 is 0. The van der Waals surface area contributed by atoms with Gasteiger partial charge in [-0.2, -0.15) is 0 Å².